The van der Waals surface area contributed by atoms with E-state index < -0.39 is 0 Å². The highest BCUT2D eigenvalue weighted by atomic mass is 16.5. The topological polar surface area (TPSA) is 44.5 Å². The van der Waals surface area contributed by atoms with Crippen molar-refractivity contribution in [1.82, 2.24) is 0 Å². The van der Waals surface area contributed by atoms with Crippen LogP contribution in [-0.4, -0.2) is 24.9 Å². The van der Waals surface area contributed by atoms with Gasteiger partial charge >= 0.3 is 0 Å². The Labute approximate surface area is 103 Å². The molecule has 0 bridgehead atoms. The van der Waals surface area contributed by atoms with Crippen LogP contribution in [0, 0.1) is 6.92 Å². The normalized spacial score (nSPS) is 27.6. The van der Waals surface area contributed by atoms with Gasteiger partial charge in [-0.3, -0.25) is 0 Å². The summed E-state index contributed by atoms with van der Waals surface area (Å²) in [5.41, 5.74) is 7.10. The van der Waals surface area contributed by atoms with Crippen LogP contribution in [0.4, 0.5) is 0 Å². The van der Waals surface area contributed by atoms with E-state index in [0.717, 1.165) is 30.8 Å². The van der Waals surface area contributed by atoms with Crippen molar-refractivity contribution in [2.75, 3.05) is 6.61 Å². The first-order chi connectivity index (χ1) is 8.22. The molecule has 94 valence electrons. The van der Waals surface area contributed by atoms with E-state index in [1.807, 2.05) is 18.2 Å². The van der Waals surface area contributed by atoms with Gasteiger partial charge in [0.15, 0.2) is 0 Å². The number of benzene rings is 1. The number of hydrogen-bond donors (Lipinski definition) is 1. The van der Waals surface area contributed by atoms with Crippen molar-refractivity contribution in [2.45, 2.75) is 44.9 Å². The molecule has 3 unspecified atom stereocenters. The van der Waals surface area contributed by atoms with E-state index in [1.165, 1.54) is 0 Å². The molecule has 3 nitrogen and oxygen atoms in total. The van der Waals surface area contributed by atoms with Crippen LogP contribution >= 0.6 is 0 Å². The van der Waals surface area contributed by atoms with E-state index in [4.69, 9.17) is 15.2 Å². The Bertz CT molecular complexity index is 367. The number of aryl methyl sites for hydroxylation is 1. The summed E-state index contributed by atoms with van der Waals surface area (Å²) >= 11 is 0. The molecule has 17 heavy (non-hydrogen) atoms. The predicted octanol–water partition coefficient (Wildman–Crippen LogP) is 2.27. The van der Waals surface area contributed by atoms with Gasteiger partial charge in [0, 0.05) is 19.1 Å². The molecule has 0 aliphatic heterocycles. The lowest BCUT2D eigenvalue weighted by molar-refractivity contribution is -0.0981. The Morgan fingerprint density at radius 2 is 2.12 bits per heavy atom. The average Bonchev–Trinajstić information content (AvgIpc) is 2.31. The maximum atomic E-state index is 5.96. The summed E-state index contributed by atoms with van der Waals surface area (Å²) in [5, 5.41) is 0. The smallest absolute Gasteiger partial charge is 0.128 e. The third kappa shape index (κ3) is 2.79. The minimum atomic E-state index is 0.0505. The lowest BCUT2D eigenvalue weighted by Gasteiger charge is -2.42. The van der Waals surface area contributed by atoms with Crippen molar-refractivity contribution < 1.29 is 9.47 Å². The van der Waals surface area contributed by atoms with E-state index in [9.17, 15) is 0 Å². The first-order valence-corrected chi connectivity index (χ1v) is 6.32. The molecule has 1 fully saturated rings. The lowest BCUT2D eigenvalue weighted by atomic mass is 9.86. The van der Waals surface area contributed by atoms with Gasteiger partial charge in [-0.25, -0.2) is 0 Å². The summed E-state index contributed by atoms with van der Waals surface area (Å²) in [6.07, 6.45) is 2.05. The second kappa shape index (κ2) is 5.52. The Kier molecular flexibility index (Phi) is 4.02. The molecule has 0 aromatic heterocycles. The third-order valence-corrected chi connectivity index (χ3v) is 3.18. The zero-order chi connectivity index (χ0) is 12.3. The monoisotopic (exact) mass is 235 g/mol. The van der Waals surface area contributed by atoms with Gasteiger partial charge in [0.1, 0.15) is 18.0 Å². The molecule has 3 heteroatoms. The maximum absolute atomic E-state index is 5.96. The number of para-hydroxylation sites is 1. The second-order valence-corrected chi connectivity index (χ2v) is 4.66. The van der Waals surface area contributed by atoms with Crippen molar-refractivity contribution in [1.29, 1.82) is 0 Å². The molecule has 1 saturated carbocycles. The van der Waals surface area contributed by atoms with Gasteiger partial charge in [-0.2, -0.15) is 0 Å². The Morgan fingerprint density at radius 3 is 2.76 bits per heavy atom. The first kappa shape index (κ1) is 12.4. The number of hydrogen-bond acceptors (Lipinski definition) is 3. The fourth-order valence-corrected chi connectivity index (χ4v) is 2.07. The lowest BCUT2D eigenvalue weighted by Crippen LogP contribution is -2.59. The van der Waals surface area contributed by atoms with Crippen molar-refractivity contribution >= 4 is 0 Å². The van der Waals surface area contributed by atoms with Crippen molar-refractivity contribution in [2.24, 2.45) is 5.73 Å². The van der Waals surface area contributed by atoms with Gasteiger partial charge in [-0.15, -0.1) is 0 Å². The molecule has 1 aromatic carbocycles. The highest BCUT2D eigenvalue weighted by Crippen LogP contribution is 2.29. The zero-order valence-corrected chi connectivity index (χ0v) is 10.6. The molecule has 2 N–H and O–H groups in total. The van der Waals surface area contributed by atoms with Crippen LogP contribution in [0.1, 0.15) is 25.3 Å². The third-order valence-electron chi connectivity index (χ3n) is 3.18. The molecule has 0 heterocycles. The fourth-order valence-electron chi connectivity index (χ4n) is 2.07. The SMILES string of the molecule is CCCOC1C(N)CC1Oc1ccccc1C. The van der Waals surface area contributed by atoms with Gasteiger partial charge in [0.25, 0.3) is 0 Å². The van der Waals surface area contributed by atoms with E-state index in [0.29, 0.717) is 0 Å². The Balaban J connectivity index is 1.93. The molecule has 3 atom stereocenters. The summed E-state index contributed by atoms with van der Waals surface area (Å²) in [6, 6.07) is 8.17. The summed E-state index contributed by atoms with van der Waals surface area (Å²) in [7, 11) is 0. The Hall–Kier alpha value is -1.06. The van der Waals surface area contributed by atoms with Crippen molar-refractivity contribution in [3.05, 3.63) is 29.8 Å². The van der Waals surface area contributed by atoms with Crippen LogP contribution in [0.2, 0.25) is 0 Å². The van der Waals surface area contributed by atoms with Crippen LogP contribution in [0.5, 0.6) is 5.75 Å². The van der Waals surface area contributed by atoms with Crippen molar-refractivity contribution in [3.8, 4) is 5.75 Å². The van der Waals surface area contributed by atoms with Crippen LogP contribution in [0.15, 0.2) is 24.3 Å². The molecule has 0 radical (unpaired) electrons. The molecule has 1 aliphatic rings. The number of nitrogens with two attached hydrogens (primary N) is 1. The van der Waals surface area contributed by atoms with Gasteiger partial charge in [0.05, 0.1) is 0 Å². The molecule has 0 amide bonds. The van der Waals surface area contributed by atoms with Gasteiger partial charge in [-0.1, -0.05) is 25.1 Å². The van der Waals surface area contributed by atoms with Crippen LogP contribution in [-0.2, 0) is 4.74 Å². The summed E-state index contributed by atoms with van der Waals surface area (Å²) < 4.78 is 11.7. The molecule has 0 saturated heterocycles. The van der Waals surface area contributed by atoms with E-state index in [1.54, 1.807) is 0 Å². The van der Waals surface area contributed by atoms with E-state index in [-0.39, 0.29) is 18.2 Å². The number of ether oxygens (including phenoxy) is 2. The number of rotatable bonds is 5. The van der Waals surface area contributed by atoms with Gasteiger partial charge in [0.2, 0.25) is 0 Å². The van der Waals surface area contributed by atoms with Gasteiger partial charge in [-0.05, 0) is 25.0 Å². The largest absolute Gasteiger partial charge is 0.487 e. The minimum Gasteiger partial charge on any atom is -0.487 e. The molecule has 0 spiro atoms. The van der Waals surface area contributed by atoms with Crippen LogP contribution in [0.3, 0.4) is 0 Å². The van der Waals surface area contributed by atoms with Crippen LogP contribution < -0.4 is 10.5 Å². The maximum Gasteiger partial charge on any atom is 0.128 e. The molecule has 2 rings (SSSR count). The quantitative estimate of drug-likeness (QED) is 0.851. The summed E-state index contributed by atoms with van der Waals surface area (Å²) in [4.78, 5) is 0. The average molecular weight is 235 g/mol. The molecular weight excluding hydrogens is 214 g/mol. The summed E-state index contributed by atoms with van der Waals surface area (Å²) in [5.74, 6) is 0.939. The van der Waals surface area contributed by atoms with Crippen LogP contribution in [0.25, 0.3) is 0 Å². The fraction of sp³-hybridized carbons (Fsp3) is 0.571. The van der Waals surface area contributed by atoms with E-state index in [2.05, 4.69) is 19.9 Å². The minimum absolute atomic E-state index is 0.0505. The molecule has 1 aromatic rings. The Morgan fingerprint density at radius 1 is 1.35 bits per heavy atom. The van der Waals surface area contributed by atoms with E-state index >= 15 is 0 Å². The highest BCUT2D eigenvalue weighted by Gasteiger charge is 2.41. The standard InChI is InChI=1S/C14H21NO2/c1-3-8-16-14-11(15)9-13(14)17-12-7-5-4-6-10(12)2/h4-7,11,13-14H,3,8-9,15H2,1-2H3. The predicted molar refractivity (Wildman–Crippen MR) is 68.2 cm³/mol. The highest BCUT2D eigenvalue weighted by molar-refractivity contribution is 5.32. The van der Waals surface area contributed by atoms with Crippen molar-refractivity contribution in [3.63, 3.8) is 0 Å². The molecular formula is C14H21NO2. The molecule has 1 aliphatic carbocycles. The zero-order valence-electron chi connectivity index (χ0n) is 10.6. The van der Waals surface area contributed by atoms with Gasteiger partial charge < -0.3 is 15.2 Å². The second-order valence-electron chi connectivity index (χ2n) is 4.66. The summed E-state index contributed by atoms with van der Waals surface area (Å²) in [6.45, 7) is 4.91. The first-order valence-electron chi connectivity index (χ1n) is 6.32.